The van der Waals surface area contributed by atoms with E-state index in [2.05, 4.69) is 47.9 Å². The van der Waals surface area contributed by atoms with Crippen molar-refractivity contribution in [3.8, 4) is 5.75 Å². The first-order valence-electron chi connectivity index (χ1n) is 8.32. The van der Waals surface area contributed by atoms with Crippen molar-refractivity contribution in [1.29, 1.82) is 0 Å². The molecule has 1 aromatic carbocycles. The topological polar surface area (TPSA) is 15.7 Å². The van der Waals surface area contributed by atoms with Crippen molar-refractivity contribution in [2.24, 2.45) is 0 Å². The van der Waals surface area contributed by atoms with Crippen LogP contribution in [0.4, 0.5) is 0 Å². The molecule has 1 unspecified atom stereocenters. The van der Waals surface area contributed by atoms with Crippen molar-refractivity contribution in [2.45, 2.75) is 39.2 Å². The summed E-state index contributed by atoms with van der Waals surface area (Å²) in [6.07, 6.45) is 3.67. The summed E-state index contributed by atoms with van der Waals surface area (Å²) in [5, 5.41) is 0. The lowest BCUT2D eigenvalue weighted by Crippen LogP contribution is -2.49. The zero-order chi connectivity index (χ0) is 15.1. The van der Waals surface area contributed by atoms with E-state index in [0.29, 0.717) is 0 Å². The summed E-state index contributed by atoms with van der Waals surface area (Å²) in [6, 6.07) is 9.21. The number of aryl methyl sites for hydroxylation is 1. The predicted octanol–water partition coefficient (Wildman–Crippen LogP) is 3.04. The van der Waals surface area contributed by atoms with Crippen LogP contribution in [0.15, 0.2) is 24.3 Å². The molecule has 0 saturated carbocycles. The lowest BCUT2D eigenvalue weighted by molar-refractivity contribution is 0.1000. The molecule has 1 aliphatic heterocycles. The van der Waals surface area contributed by atoms with E-state index < -0.39 is 0 Å². The van der Waals surface area contributed by atoms with E-state index in [4.69, 9.17) is 4.74 Å². The Hall–Kier alpha value is -1.06. The number of hydrogen-bond donors (Lipinski definition) is 0. The van der Waals surface area contributed by atoms with Crippen LogP contribution in [0.2, 0.25) is 0 Å². The molecule has 0 aromatic heterocycles. The smallest absolute Gasteiger partial charge is 0.118 e. The Morgan fingerprint density at radius 1 is 1.10 bits per heavy atom. The van der Waals surface area contributed by atoms with Crippen molar-refractivity contribution in [2.75, 3.05) is 39.8 Å². The summed E-state index contributed by atoms with van der Waals surface area (Å²) >= 11 is 0. The highest BCUT2D eigenvalue weighted by molar-refractivity contribution is 5.27. The Bertz CT molecular complexity index is 396. The molecule has 1 fully saturated rings. The lowest BCUT2D eigenvalue weighted by atomic mass is 10.1. The molecule has 1 aliphatic rings. The molecule has 21 heavy (non-hydrogen) atoms. The van der Waals surface area contributed by atoms with Gasteiger partial charge in [-0.15, -0.1) is 0 Å². The fourth-order valence-corrected chi connectivity index (χ4v) is 2.98. The summed E-state index contributed by atoms with van der Waals surface area (Å²) in [5.41, 5.74) is 1.41. The summed E-state index contributed by atoms with van der Waals surface area (Å²) < 4.78 is 5.19. The fourth-order valence-electron chi connectivity index (χ4n) is 2.98. The SMILES string of the molecule is CCC(C)N1CCN(CCCc2ccc(OC)cc2)CC1. The highest BCUT2D eigenvalue weighted by Crippen LogP contribution is 2.13. The van der Waals surface area contributed by atoms with Crippen LogP contribution in [0.3, 0.4) is 0 Å². The molecule has 0 aliphatic carbocycles. The standard InChI is InChI=1S/C18H30N2O/c1-4-16(2)20-14-12-19(13-15-20)11-5-6-17-7-9-18(21-3)10-8-17/h7-10,16H,4-6,11-15H2,1-3H3. The molecule has 0 bridgehead atoms. The van der Waals surface area contributed by atoms with E-state index in [1.54, 1.807) is 7.11 Å². The molecule has 2 rings (SSSR count). The minimum Gasteiger partial charge on any atom is -0.497 e. The van der Waals surface area contributed by atoms with Gasteiger partial charge >= 0.3 is 0 Å². The average molecular weight is 290 g/mol. The number of nitrogens with zero attached hydrogens (tertiary/aromatic N) is 2. The van der Waals surface area contributed by atoms with Gasteiger partial charge in [0, 0.05) is 32.2 Å². The predicted molar refractivity (Wildman–Crippen MR) is 89.1 cm³/mol. The van der Waals surface area contributed by atoms with Gasteiger partial charge in [-0.25, -0.2) is 0 Å². The monoisotopic (exact) mass is 290 g/mol. The summed E-state index contributed by atoms with van der Waals surface area (Å²) in [7, 11) is 1.72. The van der Waals surface area contributed by atoms with Gasteiger partial charge in [0.1, 0.15) is 5.75 Å². The molecule has 1 atom stereocenters. The second-order valence-corrected chi connectivity index (χ2v) is 6.09. The van der Waals surface area contributed by atoms with E-state index in [9.17, 15) is 0 Å². The van der Waals surface area contributed by atoms with Gasteiger partial charge in [-0.3, -0.25) is 4.90 Å². The summed E-state index contributed by atoms with van der Waals surface area (Å²) in [5.74, 6) is 0.944. The molecule has 3 heteroatoms. The third-order valence-electron chi connectivity index (χ3n) is 4.72. The first-order valence-corrected chi connectivity index (χ1v) is 8.32. The fraction of sp³-hybridized carbons (Fsp3) is 0.667. The maximum Gasteiger partial charge on any atom is 0.118 e. The van der Waals surface area contributed by atoms with Gasteiger partial charge in [0.25, 0.3) is 0 Å². The molecule has 0 amide bonds. The van der Waals surface area contributed by atoms with Crippen LogP contribution in [0.5, 0.6) is 5.75 Å². The van der Waals surface area contributed by atoms with Gasteiger partial charge < -0.3 is 9.64 Å². The Morgan fingerprint density at radius 3 is 2.33 bits per heavy atom. The molecule has 1 heterocycles. The van der Waals surface area contributed by atoms with Crippen molar-refractivity contribution >= 4 is 0 Å². The molecule has 3 nitrogen and oxygen atoms in total. The zero-order valence-electron chi connectivity index (χ0n) is 13.8. The van der Waals surface area contributed by atoms with Gasteiger partial charge in [-0.2, -0.15) is 0 Å². The van der Waals surface area contributed by atoms with Crippen LogP contribution >= 0.6 is 0 Å². The summed E-state index contributed by atoms with van der Waals surface area (Å²) in [6.45, 7) is 10.8. The summed E-state index contributed by atoms with van der Waals surface area (Å²) in [4.78, 5) is 5.24. The van der Waals surface area contributed by atoms with E-state index in [1.807, 2.05) is 0 Å². The maximum absolute atomic E-state index is 5.19. The minimum atomic E-state index is 0.742. The third-order valence-corrected chi connectivity index (χ3v) is 4.72. The van der Waals surface area contributed by atoms with Crippen LogP contribution in [-0.2, 0) is 6.42 Å². The van der Waals surface area contributed by atoms with E-state index >= 15 is 0 Å². The lowest BCUT2D eigenvalue weighted by Gasteiger charge is -2.37. The van der Waals surface area contributed by atoms with Gasteiger partial charge in [-0.1, -0.05) is 19.1 Å². The van der Waals surface area contributed by atoms with Crippen LogP contribution in [0, 0.1) is 0 Å². The highest BCUT2D eigenvalue weighted by Gasteiger charge is 2.19. The van der Waals surface area contributed by atoms with Gasteiger partial charge in [0.05, 0.1) is 7.11 Å². The van der Waals surface area contributed by atoms with Gasteiger partial charge in [0.15, 0.2) is 0 Å². The van der Waals surface area contributed by atoms with Crippen molar-refractivity contribution < 1.29 is 4.74 Å². The van der Waals surface area contributed by atoms with Crippen molar-refractivity contribution in [3.63, 3.8) is 0 Å². The third kappa shape index (κ3) is 5.01. The van der Waals surface area contributed by atoms with Crippen LogP contribution in [-0.4, -0.2) is 55.7 Å². The molecular formula is C18H30N2O. The van der Waals surface area contributed by atoms with Crippen LogP contribution < -0.4 is 4.74 Å². The van der Waals surface area contributed by atoms with E-state index in [1.165, 1.54) is 51.1 Å². The Morgan fingerprint density at radius 2 is 1.76 bits per heavy atom. The Labute approximate surface area is 129 Å². The minimum absolute atomic E-state index is 0.742. The molecule has 0 N–H and O–H groups in total. The molecule has 0 radical (unpaired) electrons. The maximum atomic E-state index is 5.19. The first-order chi connectivity index (χ1) is 10.2. The molecule has 1 saturated heterocycles. The highest BCUT2D eigenvalue weighted by atomic mass is 16.5. The van der Waals surface area contributed by atoms with Crippen molar-refractivity contribution in [1.82, 2.24) is 9.80 Å². The second kappa shape index (κ2) is 8.40. The largest absolute Gasteiger partial charge is 0.497 e. The Balaban J connectivity index is 1.65. The normalized spacial score (nSPS) is 18.6. The van der Waals surface area contributed by atoms with Crippen LogP contribution in [0.25, 0.3) is 0 Å². The number of hydrogen-bond acceptors (Lipinski definition) is 3. The average Bonchev–Trinajstić information content (AvgIpc) is 2.55. The quantitative estimate of drug-likeness (QED) is 0.767. The molecule has 1 aromatic rings. The van der Waals surface area contributed by atoms with Crippen LogP contribution in [0.1, 0.15) is 32.3 Å². The van der Waals surface area contributed by atoms with Gasteiger partial charge in [0.2, 0.25) is 0 Å². The van der Waals surface area contributed by atoms with E-state index in [0.717, 1.165) is 18.2 Å². The zero-order valence-corrected chi connectivity index (χ0v) is 13.8. The number of methoxy groups -OCH3 is 1. The molecule has 118 valence electrons. The number of benzene rings is 1. The van der Waals surface area contributed by atoms with Gasteiger partial charge in [-0.05, 0) is 50.4 Å². The number of rotatable bonds is 7. The second-order valence-electron chi connectivity index (χ2n) is 6.09. The molecule has 0 spiro atoms. The number of piperazine rings is 1. The molecular weight excluding hydrogens is 260 g/mol. The van der Waals surface area contributed by atoms with Crippen molar-refractivity contribution in [3.05, 3.63) is 29.8 Å². The first kappa shape index (κ1) is 16.3. The van der Waals surface area contributed by atoms with E-state index in [-0.39, 0.29) is 0 Å². The Kier molecular flexibility index (Phi) is 6.52. The number of ether oxygens (including phenoxy) is 1.